The lowest BCUT2D eigenvalue weighted by Gasteiger charge is -2.07. The number of carbonyl (C=O) groups is 2. The van der Waals surface area contributed by atoms with Crippen molar-refractivity contribution in [3.8, 4) is 22.1 Å². The Morgan fingerprint density at radius 3 is 2.32 bits per heavy atom. The molecule has 1 heterocycles. The molecule has 2 aromatic carbocycles. The summed E-state index contributed by atoms with van der Waals surface area (Å²) in [6.07, 6.45) is 0. The number of ether oxygens (including phenoxy) is 2. The van der Waals surface area contributed by atoms with Gasteiger partial charge in [-0.25, -0.2) is 9.78 Å². The molecule has 7 nitrogen and oxygen atoms in total. The summed E-state index contributed by atoms with van der Waals surface area (Å²) in [4.78, 5) is 27.3. The van der Waals surface area contributed by atoms with Crippen LogP contribution in [0.2, 0.25) is 0 Å². The van der Waals surface area contributed by atoms with Crippen molar-refractivity contribution >= 4 is 28.9 Å². The van der Waals surface area contributed by atoms with Gasteiger partial charge in [0.05, 0.1) is 17.7 Å². The number of carboxylic acids is 1. The maximum atomic E-state index is 11.1. The Bertz CT molecular complexity index is 981. The van der Waals surface area contributed by atoms with E-state index in [1.165, 1.54) is 0 Å². The molecular formula is C20H18N2O5S. The third kappa shape index (κ3) is 4.66. The molecule has 0 radical (unpaired) electrons. The van der Waals surface area contributed by atoms with Crippen LogP contribution in [0.1, 0.15) is 10.6 Å². The number of aliphatic carboxylic acids is 1. The van der Waals surface area contributed by atoms with Gasteiger partial charge in [0.2, 0.25) is 0 Å². The van der Waals surface area contributed by atoms with Crippen LogP contribution in [0.25, 0.3) is 10.6 Å². The van der Waals surface area contributed by atoms with Gasteiger partial charge in [-0.3, -0.25) is 4.79 Å². The molecular weight excluding hydrogens is 380 g/mol. The summed E-state index contributed by atoms with van der Waals surface area (Å²) >= 11 is 1.56. The summed E-state index contributed by atoms with van der Waals surface area (Å²) in [6.45, 7) is 2.30. The van der Waals surface area contributed by atoms with Crippen molar-refractivity contribution in [2.45, 2.75) is 13.5 Å². The number of methoxy groups -OCH3 is 1. The molecule has 0 aliphatic carbocycles. The fourth-order valence-corrected chi connectivity index (χ4v) is 3.37. The lowest BCUT2D eigenvalue weighted by Crippen LogP contribution is -2.21. The molecule has 0 aliphatic rings. The summed E-state index contributed by atoms with van der Waals surface area (Å²) in [7, 11) is 1.63. The minimum atomic E-state index is -1.53. The number of carbonyl (C=O) groups excluding carboxylic acids is 1. The highest BCUT2D eigenvalue weighted by Gasteiger charge is 2.12. The van der Waals surface area contributed by atoms with Gasteiger partial charge in [0.1, 0.15) is 23.1 Å². The van der Waals surface area contributed by atoms with Gasteiger partial charge in [0.15, 0.2) is 0 Å². The van der Waals surface area contributed by atoms with Crippen molar-refractivity contribution in [1.29, 1.82) is 0 Å². The molecule has 0 atom stereocenters. The third-order valence-electron chi connectivity index (χ3n) is 3.91. The first-order chi connectivity index (χ1) is 13.5. The van der Waals surface area contributed by atoms with Crippen LogP contribution in [-0.2, 0) is 16.2 Å². The maximum Gasteiger partial charge on any atom is 0.394 e. The standard InChI is InChI=1S/C20H18N2O5S/c1-12-17(28-19(21-12)13-3-7-15(26-2)8-4-13)11-27-16-9-5-14(6-10-16)22-18(23)20(24)25/h3-10H,11H2,1-2H3,(H,22,23)(H,24,25). The van der Waals surface area contributed by atoms with Crippen molar-refractivity contribution in [3.63, 3.8) is 0 Å². The van der Waals surface area contributed by atoms with Gasteiger partial charge in [0.25, 0.3) is 0 Å². The molecule has 0 unspecified atom stereocenters. The zero-order chi connectivity index (χ0) is 20.1. The zero-order valence-corrected chi connectivity index (χ0v) is 16.1. The SMILES string of the molecule is COc1ccc(-c2nc(C)c(COc3ccc(NC(=O)C(=O)O)cc3)s2)cc1. The Kier molecular flexibility index (Phi) is 5.90. The van der Waals surface area contributed by atoms with Crippen LogP contribution in [0, 0.1) is 6.92 Å². The highest BCUT2D eigenvalue weighted by molar-refractivity contribution is 7.15. The zero-order valence-electron chi connectivity index (χ0n) is 15.3. The number of hydrogen-bond donors (Lipinski definition) is 2. The molecule has 0 fully saturated rings. The molecule has 3 rings (SSSR count). The van der Waals surface area contributed by atoms with E-state index < -0.39 is 11.9 Å². The molecule has 8 heteroatoms. The van der Waals surface area contributed by atoms with E-state index in [9.17, 15) is 9.59 Å². The summed E-state index contributed by atoms with van der Waals surface area (Å²) in [6, 6.07) is 14.2. The molecule has 0 saturated carbocycles. The average Bonchev–Trinajstić information content (AvgIpc) is 3.08. The van der Waals surface area contributed by atoms with Crippen LogP contribution < -0.4 is 14.8 Å². The van der Waals surface area contributed by atoms with Gasteiger partial charge >= 0.3 is 11.9 Å². The van der Waals surface area contributed by atoms with E-state index in [0.29, 0.717) is 18.0 Å². The molecule has 0 bridgehead atoms. The van der Waals surface area contributed by atoms with Gasteiger partial charge < -0.3 is 19.9 Å². The molecule has 28 heavy (non-hydrogen) atoms. The number of aromatic nitrogens is 1. The van der Waals surface area contributed by atoms with Crippen molar-refractivity contribution in [3.05, 3.63) is 59.1 Å². The summed E-state index contributed by atoms with van der Waals surface area (Å²) in [5, 5.41) is 11.8. The number of amides is 1. The highest BCUT2D eigenvalue weighted by Crippen LogP contribution is 2.30. The minimum absolute atomic E-state index is 0.362. The predicted molar refractivity (Wildman–Crippen MR) is 106 cm³/mol. The molecule has 0 saturated heterocycles. The van der Waals surface area contributed by atoms with Crippen molar-refractivity contribution < 1.29 is 24.2 Å². The lowest BCUT2D eigenvalue weighted by molar-refractivity contribution is -0.147. The van der Waals surface area contributed by atoms with Crippen LogP contribution in [0.5, 0.6) is 11.5 Å². The lowest BCUT2D eigenvalue weighted by atomic mass is 10.2. The number of rotatable bonds is 6. The molecule has 0 aliphatic heterocycles. The van der Waals surface area contributed by atoms with Gasteiger partial charge in [-0.15, -0.1) is 11.3 Å². The van der Waals surface area contributed by atoms with Crippen molar-refractivity contribution in [1.82, 2.24) is 4.98 Å². The van der Waals surface area contributed by atoms with Crippen LogP contribution in [-0.4, -0.2) is 29.1 Å². The molecule has 144 valence electrons. The van der Waals surface area contributed by atoms with Crippen LogP contribution in [0.4, 0.5) is 5.69 Å². The van der Waals surface area contributed by atoms with Gasteiger partial charge in [-0.2, -0.15) is 0 Å². The number of hydrogen-bond acceptors (Lipinski definition) is 6. The number of carboxylic acid groups (broad SMARTS) is 1. The number of anilines is 1. The number of nitrogens with one attached hydrogen (secondary N) is 1. The third-order valence-corrected chi connectivity index (χ3v) is 5.09. The summed E-state index contributed by atoms with van der Waals surface area (Å²) in [5.74, 6) is -1.22. The number of thiazole rings is 1. The van der Waals surface area contributed by atoms with E-state index in [1.807, 2.05) is 31.2 Å². The average molecular weight is 398 g/mol. The van der Waals surface area contributed by atoms with Crippen LogP contribution in [0.15, 0.2) is 48.5 Å². The van der Waals surface area contributed by atoms with Gasteiger partial charge in [0, 0.05) is 11.3 Å². The van der Waals surface area contributed by atoms with E-state index in [0.717, 1.165) is 26.9 Å². The van der Waals surface area contributed by atoms with E-state index in [1.54, 1.807) is 42.7 Å². The number of nitrogens with zero attached hydrogens (tertiary/aromatic N) is 1. The fourth-order valence-electron chi connectivity index (χ4n) is 2.39. The quantitative estimate of drug-likeness (QED) is 0.614. The minimum Gasteiger partial charge on any atom is -0.497 e. The second-order valence-electron chi connectivity index (χ2n) is 5.83. The monoisotopic (exact) mass is 398 g/mol. The van der Waals surface area contributed by atoms with Crippen molar-refractivity contribution in [2.24, 2.45) is 0 Å². The Hall–Kier alpha value is -3.39. The largest absolute Gasteiger partial charge is 0.497 e. The molecule has 1 amide bonds. The normalized spacial score (nSPS) is 10.4. The first kappa shape index (κ1) is 19.4. The van der Waals surface area contributed by atoms with E-state index in [4.69, 9.17) is 14.6 Å². The Balaban J connectivity index is 1.63. The van der Waals surface area contributed by atoms with Gasteiger partial charge in [-0.05, 0) is 55.5 Å². The first-order valence-electron chi connectivity index (χ1n) is 8.34. The molecule has 0 spiro atoms. The maximum absolute atomic E-state index is 11.1. The Morgan fingerprint density at radius 1 is 1.07 bits per heavy atom. The predicted octanol–water partition coefficient (Wildman–Crippen LogP) is 3.73. The highest BCUT2D eigenvalue weighted by atomic mass is 32.1. The topological polar surface area (TPSA) is 97.8 Å². The molecule has 1 aromatic heterocycles. The summed E-state index contributed by atoms with van der Waals surface area (Å²) in [5.41, 5.74) is 2.30. The Morgan fingerprint density at radius 2 is 1.71 bits per heavy atom. The number of benzene rings is 2. The van der Waals surface area contributed by atoms with E-state index in [-0.39, 0.29) is 0 Å². The molecule has 3 aromatic rings. The van der Waals surface area contributed by atoms with Crippen LogP contribution >= 0.6 is 11.3 Å². The first-order valence-corrected chi connectivity index (χ1v) is 9.16. The smallest absolute Gasteiger partial charge is 0.394 e. The van der Waals surface area contributed by atoms with Gasteiger partial charge in [-0.1, -0.05) is 0 Å². The molecule has 2 N–H and O–H groups in total. The second-order valence-corrected chi connectivity index (χ2v) is 6.91. The van der Waals surface area contributed by atoms with E-state index in [2.05, 4.69) is 10.3 Å². The summed E-state index contributed by atoms with van der Waals surface area (Å²) < 4.78 is 11.0. The van der Waals surface area contributed by atoms with Crippen LogP contribution in [0.3, 0.4) is 0 Å². The van der Waals surface area contributed by atoms with Crippen molar-refractivity contribution in [2.75, 3.05) is 12.4 Å². The second kappa shape index (κ2) is 8.53. The fraction of sp³-hybridized carbons (Fsp3) is 0.150. The Labute approximate surface area is 165 Å². The number of aryl methyl sites for hydroxylation is 1. The van der Waals surface area contributed by atoms with E-state index >= 15 is 0 Å².